The zero-order chi connectivity index (χ0) is 24.6. The van der Waals surface area contributed by atoms with E-state index in [1.807, 2.05) is 37.3 Å². The molecule has 0 aliphatic carbocycles. The molecule has 3 aromatic carbocycles. The van der Waals surface area contributed by atoms with Crippen LogP contribution in [0.1, 0.15) is 28.8 Å². The zero-order valence-corrected chi connectivity index (χ0v) is 19.7. The van der Waals surface area contributed by atoms with Crippen LogP contribution in [0.3, 0.4) is 0 Å². The molecule has 0 heterocycles. The fourth-order valence-electron chi connectivity index (χ4n) is 3.10. The first-order valence-corrected chi connectivity index (χ1v) is 12.0. The second-order valence-electron chi connectivity index (χ2n) is 7.55. The lowest BCUT2D eigenvalue weighted by Crippen LogP contribution is -2.31. The summed E-state index contributed by atoms with van der Waals surface area (Å²) in [6, 6.07) is 21.5. The van der Waals surface area contributed by atoms with Gasteiger partial charge in [-0.25, -0.2) is 13.2 Å². The molecule has 1 atom stereocenters. The van der Waals surface area contributed by atoms with Gasteiger partial charge in [-0.3, -0.25) is 9.52 Å². The molecule has 34 heavy (non-hydrogen) atoms. The fraction of sp³-hybridized carbons (Fsp3) is 0.200. The van der Waals surface area contributed by atoms with Gasteiger partial charge in [0.25, 0.3) is 15.9 Å². The number of hydrogen-bond donors (Lipinski definition) is 2. The number of esters is 1. The summed E-state index contributed by atoms with van der Waals surface area (Å²) in [5, 5.41) is 2.73. The Labute approximate surface area is 199 Å². The topological polar surface area (TPSA) is 111 Å². The van der Waals surface area contributed by atoms with Crippen LogP contribution in [0.4, 0.5) is 5.69 Å². The molecule has 2 N–H and O–H groups in total. The maximum absolute atomic E-state index is 12.7. The number of carbonyl (C=O) groups is 2. The number of methoxy groups -OCH3 is 1. The van der Waals surface area contributed by atoms with Crippen molar-refractivity contribution in [3.63, 3.8) is 0 Å². The van der Waals surface area contributed by atoms with Gasteiger partial charge in [0.15, 0.2) is 6.61 Å². The van der Waals surface area contributed by atoms with Crippen molar-refractivity contribution in [3.05, 3.63) is 90.0 Å². The van der Waals surface area contributed by atoms with Gasteiger partial charge in [-0.15, -0.1) is 0 Å². The molecular weight excluding hydrogens is 456 g/mol. The highest BCUT2D eigenvalue weighted by atomic mass is 32.2. The first-order chi connectivity index (χ1) is 16.3. The Morgan fingerprint density at radius 2 is 1.65 bits per heavy atom. The van der Waals surface area contributed by atoms with Gasteiger partial charge in [0.2, 0.25) is 0 Å². The highest BCUT2D eigenvalue weighted by molar-refractivity contribution is 7.92. The van der Waals surface area contributed by atoms with Crippen LogP contribution < -0.4 is 14.8 Å². The molecule has 0 aliphatic rings. The van der Waals surface area contributed by atoms with Crippen LogP contribution in [0.15, 0.2) is 83.8 Å². The van der Waals surface area contributed by atoms with E-state index < -0.39 is 28.5 Å². The van der Waals surface area contributed by atoms with Crippen LogP contribution in [0, 0.1) is 0 Å². The Hall–Kier alpha value is -3.85. The van der Waals surface area contributed by atoms with E-state index in [0.29, 0.717) is 18.0 Å². The fourth-order valence-corrected chi connectivity index (χ4v) is 4.20. The molecule has 0 aliphatic heterocycles. The summed E-state index contributed by atoms with van der Waals surface area (Å²) in [5.41, 5.74) is 1.44. The second-order valence-corrected chi connectivity index (χ2v) is 9.24. The Morgan fingerprint density at radius 1 is 0.941 bits per heavy atom. The van der Waals surface area contributed by atoms with E-state index in [2.05, 4.69) is 10.0 Å². The van der Waals surface area contributed by atoms with Crippen molar-refractivity contribution in [2.75, 3.05) is 25.0 Å². The molecule has 0 radical (unpaired) electrons. The number of carbonyl (C=O) groups excluding carboxylic acids is 2. The number of nitrogens with one attached hydrogen (secondary N) is 2. The van der Waals surface area contributed by atoms with E-state index in [1.165, 1.54) is 31.4 Å². The van der Waals surface area contributed by atoms with E-state index >= 15 is 0 Å². The molecule has 3 aromatic rings. The van der Waals surface area contributed by atoms with Gasteiger partial charge < -0.3 is 14.8 Å². The summed E-state index contributed by atoms with van der Waals surface area (Å²) in [6.07, 6.45) is 0. The van der Waals surface area contributed by atoms with Crippen molar-refractivity contribution >= 4 is 27.6 Å². The first-order valence-electron chi connectivity index (χ1n) is 10.5. The Balaban J connectivity index is 1.55. The third-order valence-corrected chi connectivity index (χ3v) is 6.41. The SMILES string of the molecule is COc1ccc(NS(=O)(=O)c2cccc(C(=O)OCC(=O)NCC(C)c3ccccc3)c2)cc1. The third-order valence-electron chi connectivity index (χ3n) is 5.03. The number of benzene rings is 3. The van der Waals surface area contributed by atoms with Crippen LogP contribution >= 0.6 is 0 Å². The molecule has 0 saturated carbocycles. The molecule has 0 fully saturated rings. The lowest BCUT2D eigenvalue weighted by molar-refractivity contribution is -0.124. The Bertz CT molecular complexity index is 1230. The second kappa shape index (κ2) is 11.3. The maximum Gasteiger partial charge on any atom is 0.338 e. The predicted molar refractivity (Wildman–Crippen MR) is 128 cm³/mol. The molecule has 0 bridgehead atoms. The van der Waals surface area contributed by atoms with Gasteiger partial charge in [-0.1, -0.05) is 43.3 Å². The van der Waals surface area contributed by atoms with Gasteiger partial charge >= 0.3 is 5.97 Å². The average Bonchev–Trinajstić information content (AvgIpc) is 2.86. The van der Waals surface area contributed by atoms with E-state index in [9.17, 15) is 18.0 Å². The summed E-state index contributed by atoms with van der Waals surface area (Å²) in [4.78, 5) is 24.4. The first kappa shape index (κ1) is 24.8. The average molecular weight is 483 g/mol. The van der Waals surface area contributed by atoms with Crippen molar-refractivity contribution in [1.82, 2.24) is 5.32 Å². The quantitative estimate of drug-likeness (QED) is 0.428. The minimum atomic E-state index is -3.94. The Kier molecular flexibility index (Phi) is 8.26. The molecule has 8 nitrogen and oxygen atoms in total. The van der Waals surface area contributed by atoms with Gasteiger partial charge in [-0.05, 0) is 53.9 Å². The highest BCUT2D eigenvalue weighted by Crippen LogP contribution is 2.20. The molecular formula is C25H26N2O6S. The summed E-state index contributed by atoms with van der Waals surface area (Å²) < 4.78 is 38.0. The van der Waals surface area contributed by atoms with E-state index in [4.69, 9.17) is 9.47 Å². The largest absolute Gasteiger partial charge is 0.497 e. The lowest BCUT2D eigenvalue weighted by Gasteiger charge is -2.13. The van der Waals surface area contributed by atoms with E-state index in [0.717, 1.165) is 5.56 Å². The van der Waals surface area contributed by atoms with Gasteiger partial charge in [0.05, 0.1) is 17.6 Å². The van der Waals surface area contributed by atoms with Crippen molar-refractivity contribution in [2.24, 2.45) is 0 Å². The number of sulfonamides is 1. The number of ether oxygens (including phenoxy) is 2. The molecule has 0 spiro atoms. The molecule has 178 valence electrons. The normalized spacial score (nSPS) is 11.8. The van der Waals surface area contributed by atoms with Crippen molar-refractivity contribution in [1.29, 1.82) is 0 Å². The molecule has 3 rings (SSSR count). The number of anilines is 1. The number of amides is 1. The zero-order valence-electron chi connectivity index (χ0n) is 18.9. The summed E-state index contributed by atoms with van der Waals surface area (Å²) in [6.45, 7) is 1.90. The minimum absolute atomic E-state index is 0.0167. The number of rotatable bonds is 10. The lowest BCUT2D eigenvalue weighted by atomic mass is 10.0. The van der Waals surface area contributed by atoms with Gasteiger partial charge in [0, 0.05) is 12.2 Å². The Morgan fingerprint density at radius 3 is 2.32 bits per heavy atom. The minimum Gasteiger partial charge on any atom is -0.497 e. The summed E-state index contributed by atoms with van der Waals surface area (Å²) in [7, 11) is -2.43. The monoisotopic (exact) mass is 482 g/mol. The van der Waals surface area contributed by atoms with Crippen molar-refractivity contribution in [3.8, 4) is 5.75 Å². The molecule has 9 heteroatoms. The van der Waals surface area contributed by atoms with Gasteiger partial charge in [0.1, 0.15) is 5.75 Å². The van der Waals surface area contributed by atoms with E-state index in [1.54, 1.807) is 24.3 Å². The van der Waals surface area contributed by atoms with E-state index in [-0.39, 0.29) is 16.4 Å². The molecule has 0 aromatic heterocycles. The smallest absolute Gasteiger partial charge is 0.338 e. The van der Waals surface area contributed by atoms with Gasteiger partial charge in [-0.2, -0.15) is 0 Å². The van der Waals surface area contributed by atoms with Crippen molar-refractivity contribution in [2.45, 2.75) is 17.7 Å². The van der Waals surface area contributed by atoms with Crippen LogP contribution in [0.2, 0.25) is 0 Å². The molecule has 1 amide bonds. The van der Waals surface area contributed by atoms with Crippen LogP contribution in [-0.2, 0) is 19.6 Å². The molecule has 0 saturated heterocycles. The predicted octanol–water partition coefficient (Wildman–Crippen LogP) is 3.57. The standard InChI is InChI=1S/C25H26N2O6S/c1-18(19-7-4-3-5-8-19)16-26-24(28)17-33-25(29)20-9-6-10-23(15-20)34(30,31)27-21-11-13-22(32-2)14-12-21/h3-15,18,27H,16-17H2,1-2H3,(H,26,28). The summed E-state index contributed by atoms with van der Waals surface area (Å²) in [5.74, 6) is -0.555. The van der Waals surface area contributed by atoms with Crippen LogP contribution in [0.5, 0.6) is 5.75 Å². The number of hydrogen-bond acceptors (Lipinski definition) is 6. The van der Waals surface area contributed by atoms with Crippen molar-refractivity contribution < 1.29 is 27.5 Å². The third kappa shape index (κ3) is 6.82. The maximum atomic E-state index is 12.7. The van der Waals surface area contributed by atoms with Crippen LogP contribution in [0.25, 0.3) is 0 Å². The highest BCUT2D eigenvalue weighted by Gasteiger charge is 2.18. The van der Waals surface area contributed by atoms with Crippen LogP contribution in [-0.4, -0.2) is 40.6 Å². The summed E-state index contributed by atoms with van der Waals surface area (Å²) >= 11 is 0. The molecule has 1 unspecified atom stereocenters.